The lowest BCUT2D eigenvalue weighted by Gasteiger charge is -2.37. The zero-order valence-corrected chi connectivity index (χ0v) is 16.4. The number of amides is 1. The Morgan fingerprint density at radius 1 is 1.07 bits per heavy atom. The summed E-state index contributed by atoms with van der Waals surface area (Å²) in [6, 6.07) is 8.21. The minimum Gasteiger partial charge on any atom is -0.335 e. The normalized spacial score (nSPS) is 22.7. The van der Waals surface area contributed by atoms with Crippen molar-refractivity contribution in [2.45, 2.75) is 77.4 Å². The Kier molecular flexibility index (Phi) is 5.02. The van der Waals surface area contributed by atoms with Gasteiger partial charge in [-0.3, -0.25) is 9.59 Å². The molecule has 0 spiro atoms. The standard InChI is InChI=1S/C22H29N3O2/c1-3-16-8-10-17(11-9-16)25(18-12-13-18)21(26)14-24-22(27)20-7-5-4-6-19(20)15(2)23-24/h4-7,16-18H,3,8-14H2,1-2H3. The first-order valence-corrected chi connectivity index (χ1v) is 10.4. The van der Waals surface area contributed by atoms with Gasteiger partial charge in [-0.25, -0.2) is 4.68 Å². The van der Waals surface area contributed by atoms with Crippen LogP contribution in [-0.2, 0) is 11.3 Å². The summed E-state index contributed by atoms with van der Waals surface area (Å²) in [5, 5.41) is 5.93. The largest absolute Gasteiger partial charge is 0.335 e. The van der Waals surface area contributed by atoms with Crippen LogP contribution < -0.4 is 5.56 Å². The molecule has 5 heteroatoms. The summed E-state index contributed by atoms with van der Waals surface area (Å²) >= 11 is 0. The molecule has 1 heterocycles. The maximum absolute atomic E-state index is 13.2. The van der Waals surface area contributed by atoms with E-state index < -0.39 is 0 Å². The fourth-order valence-corrected chi connectivity index (χ4v) is 4.61. The van der Waals surface area contributed by atoms with E-state index in [-0.39, 0.29) is 18.0 Å². The van der Waals surface area contributed by atoms with Crippen LogP contribution in [0.1, 0.15) is 57.6 Å². The second kappa shape index (κ2) is 7.45. The van der Waals surface area contributed by atoms with Gasteiger partial charge in [0.15, 0.2) is 0 Å². The Morgan fingerprint density at radius 3 is 2.26 bits per heavy atom. The monoisotopic (exact) mass is 367 g/mol. The topological polar surface area (TPSA) is 55.2 Å². The number of hydrogen-bond acceptors (Lipinski definition) is 3. The highest BCUT2D eigenvalue weighted by atomic mass is 16.2. The number of aromatic nitrogens is 2. The van der Waals surface area contributed by atoms with Gasteiger partial charge >= 0.3 is 0 Å². The van der Waals surface area contributed by atoms with Crippen LogP contribution in [0.4, 0.5) is 0 Å². The van der Waals surface area contributed by atoms with Gasteiger partial charge in [0.2, 0.25) is 5.91 Å². The van der Waals surface area contributed by atoms with Crippen LogP contribution >= 0.6 is 0 Å². The Hall–Kier alpha value is -2.17. The van der Waals surface area contributed by atoms with Crippen LogP contribution in [0.3, 0.4) is 0 Å². The molecule has 0 unspecified atom stereocenters. The van der Waals surface area contributed by atoms with Gasteiger partial charge in [0, 0.05) is 17.5 Å². The van der Waals surface area contributed by atoms with Crippen LogP contribution in [-0.4, -0.2) is 32.7 Å². The molecular weight excluding hydrogens is 338 g/mol. The smallest absolute Gasteiger partial charge is 0.275 e. The number of carbonyl (C=O) groups excluding carboxylic acids is 1. The molecule has 2 aromatic rings. The van der Waals surface area contributed by atoms with Crippen LogP contribution in [0, 0.1) is 12.8 Å². The summed E-state index contributed by atoms with van der Waals surface area (Å²) in [6.45, 7) is 4.21. The summed E-state index contributed by atoms with van der Waals surface area (Å²) in [6.07, 6.45) is 8.05. The van der Waals surface area contributed by atoms with Gasteiger partial charge in [0.05, 0.1) is 11.1 Å². The minimum absolute atomic E-state index is 0.0503. The second-order valence-electron chi connectivity index (χ2n) is 8.21. The Labute approximate surface area is 160 Å². The number of nitrogens with zero attached hydrogens (tertiary/aromatic N) is 3. The summed E-state index contributed by atoms with van der Waals surface area (Å²) < 4.78 is 1.37. The van der Waals surface area contributed by atoms with Gasteiger partial charge < -0.3 is 4.90 Å². The Morgan fingerprint density at radius 2 is 1.67 bits per heavy atom. The fraction of sp³-hybridized carbons (Fsp3) is 0.591. The molecule has 27 heavy (non-hydrogen) atoms. The summed E-state index contributed by atoms with van der Waals surface area (Å²) in [7, 11) is 0. The molecule has 0 radical (unpaired) electrons. The van der Waals surface area contributed by atoms with Crippen molar-refractivity contribution in [3.05, 3.63) is 40.3 Å². The zero-order chi connectivity index (χ0) is 19.0. The predicted octanol–water partition coefficient (Wildman–Crippen LogP) is 3.66. The number of fused-ring (bicyclic) bond motifs is 1. The van der Waals surface area contributed by atoms with E-state index in [1.807, 2.05) is 31.2 Å². The molecule has 0 atom stereocenters. The highest BCUT2D eigenvalue weighted by molar-refractivity contribution is 5.84. The van der Waals surface area contributed by atoms with Crippen molar-refractivity contribution in [2.24, 2.45) is 5.92 Å². The molecule has 1 aromatic carbocycles. The lowest BCUT2D eigenvalue weighted by atomic mass is 9.84. The Bertz CT molecular complexity index is 892. The van der Waals surface area contributed by atoms with Crippen molar-refractivity contribution in [3.63, 3.8) is 0 Å². The number of carbonyl (C=O) groups is 1. The average molecular weight is 367 g/mol. The van der Waals surface area contributed by atoms with E-state index >= 15 is 0 Å². The van der Waals surface area contributed by atoms with Crippen molar-refractivity contribution in [3.8, 4) is 0 Å². The predicted molar refractivity (Wildman–Crippen MR) is 107 cm³/mol. The highest BCUT2D eigenvalue weighted by Gasteiger charge is 2.38. The molecular formula is C22H29N3O2. The average Bonchev–Trinajstić information content (AvgIpc) is 3.51. The molecule has 1 aromatic heterocycles. The quantitative estimate of drug-likeness (QED) is 0.810. The van der Waals surface area contributed by atoms with Crippen LogP contribution in [0.5, 0.6) is 0 Å². The molecule has 0 N–H and O–H groups in total. The van der Waals surface area contributed by atoms with Crippen LogP contribution in [0.25, 0.3) is 10.8 Å². The molecule has 144 valence electrons. The first-order chi connectivity index (χ1) is 13.1. The number of aryl methyl sites for hydroxylation is 1. The molecule has 4 rings (SSSR count). The van der Waals surface area contributed by atoms with E-state index in [1.165, 1.54) is 23.9 Å². The van der Waals surface area contributed by atoms with E-state index in [2.05, 4.69) is 16.9 Å². The zero-order valence-electron chi connectivity index (χ0n) is 16.4. The summed E-state index contributed by atoms with van der Waals surface area (Å²) in [5.41, 5.74) is 0.620. The van der Waals surface area contributed by atoms with E-state index in [0.29, 0.717) is 17.5 Å². The van der Waals surface area contributed by atoms with Gasteiger partial charge in [0.25, 0.3) is 5.56 Å². The maximum atomic E-state index is 13.2. The van der Waals surface area contributed by atoms with Gasteiger partial charge in [-0.1, -0.05) is 31.5 Å². The van der Waals surface area contributed by atoms with Crippen molar-refractivity contribution < 1.29 is 4.79 Å². The molecule has 0 aliphatic heterocycles. The van der Waals surface area contributed by atoms with Crippen molar-refractivity contribution in [1.82, 2.24) is 14.7 Å². The number of hydrogen-bond donors (Lipinski definition) is 0. The molecule has 0 saturated heterocycles. The lowest BCUT2D eigenvalue weighted by molar-refractivity contribution is -0.136. The third-order valence-corrected chi connectivity index (χ3v) is 6.35. The molecule has 2 fully saturated rings. The fourth-order valence-electron chi connectivity index (χ4n) is 4.61. The minimum atomic E-state index is -0.171. The highest BCUT2D eigenvalue weighted by Crippen LogP contribution is 2.36. The molecule has 2 saturated carbocycles. The SMILES string of the molecule is CCC1CCC(N(C(=O)Cn2nc(C)c3ccccc3c2=O)C2CC2)CC1. The first kappa shape index (κ1) is 18.2. The first-order valence-electron chi connectivity index (χ1n) is 10.4. The number of rotatable bonds is 5. The van der Waals surface area contributed by atoms with Crippen LogP contribution in [0.15, 0.2) is 29.1 Å². The number of benzene rings is 1. The van der Waals surface area contributed by atoms with Gasteiger partial charge in [-0.05, 0) is 57.4 Å². The van der Waals surface area contributed by atoms with E-state index in [9.17, 15) is 9.59 Å². The second-order valence-corrected chi connectivity index (χ2v) is 8.21. The van der Waals surface area contributed by atoms with Crippen molar-refractivity contribution in [2.75, 3.05) is 0 Å². The van der Waals surface area contributed by atoms with Gasteiger partial charge in [-0.2, -0.15) is 5.10 Å². The molecule has 5 nitrogen and oxygen atoms in total. The third-order valence-electron chi connectivity index (χ3n) is 6.35. The van der Waals surface area contributed by atoms with Crippen molar-refractivity contribution >= 4 is 16.7 Å². The van der Waals surface area contributed by atoms with E-state index in [4.69, 9.17) is 0 Å². The van der Waals surface area contributed by atoms with E-state index in [1.54, 1.807) is 0 Å². The molecule has 1 amide bonds. The van der Waals surface area contributed by atoms with Gasteiger partial charge in [-0.15, -0.1) is 0 Å². The summed E-state index contributed by atoms with van der Waals surface area (Å²) in [4.78, 5) is 28.1. The maximum Gasteiger partial charge on any atom is 0.275 e. The molecule has 0 bridgehead atoms. The van der Waals surface area contributed by atoms with Crippen molar-refractivity contribution in [1.29, 1.82) is 0 Å². The van der Waals surface area contributed by atoms with Crippen LogP contribution in [0.2, 0.25) is 0 Å². The Balaban J connectivity index is 1.56. The molecule has 2 aliphatic carbocycles. The third kappa shape index (κ3) is 3.64. The van der Waals surface area contributed by atoms with E-state index in [0.717, 1.165) is 42.7 Å². The summed E-state index contributed by atoms with van der Waals surface area (Å²) in [5.74, 6) is 0.867. The lowest BCUT2D eigenvalue weighted by Crippen LogP contribution is -2.46. The molecule has 2 aliphatic rings. The van der Waals surface area contributed by atoms with Gasteiger partial charge in [0.1, 0.15) is 6.54 Å².